The summed E-state index contributed by atoms with van der Waals surface area (Å²) >= 11 is 0. The van der Waals surface area contributed by atoms with Crippen LogP contribution < -0.4 is 9.64 Å². The number of carbonyl (C=O) groups is 1. The predicted molar refractivity (Wildman–Crippen MR) is 120 cm³/mol. The third kappa shape index (κ3) is 4.92. The smallest absolute Gasteiger partial charge is 0.263 e. The first-order valence-corrected chi connectivity index (χ1v) is 10.5. The molecule has 4 heteroatoms. The molecule has 1 heterocycles. The highest BCUT2D eigenvalue weighted by molar-refractivity contribution is 5.81. The van der Waals surface area contributed by atoms with Crippen molar-refractivity contribution in [2.75, 3.05) is 31.1 Å². The molecule has 1 atom stereocenters. The van der Waals surface area contributed by atoms with E-state index in [0.29, 0.717) is 0 Å². The molecule has 0 N–H and O–H groups in total. The molecule has 1 fully saturated rings. The van der Waals surface area contributed by atoms with E-state index in [9.17, 15) is 4.79 Å². The van der Waals surface area contributed by atoms with Crippen LogP contribution in [0.25, 0.3) is 0 Å². The van der Waals surface area contributed by atoms with Crippen LogP contribution in [0.3, 0.4) is 0 Å². The zero-order chi connectivity index (χ0) is 21.2. The van der Waals surface area contributed by atoms with Gasteiger partial charge in [0.1, 0.15) is 5.75 Å². The molecule has 0 radical (unpaired) electrons. The Morgan fingerprint density at radius 2 is 1.59 bits per heavy atom. The Kier molecular flexibility index (Phi) is 6.21. The minimum absolute atomic E-state index is 0.0607. The lowest BCUT2D eigenvalue weighted by atomic mass is 9.87. The first kappa shape index (κ1) is 21.2. The van der Waals surface area contributed by atoms with Gasteiger partial charge in [0, 0.05) is 31.9 Å². The maximum absolute atomic E-state index is 12.9. The summed E-state index contributed by atoms with van der Waals surface area (Å²) in [5.74, 6) is 0.804. The van der Waals surface area contributed by atoms with E-state index in [-0.39, 0.29) is 11.3 Å². The fraction of sp³-hybridized carbons (Fsp3) is 0.480. The summed E-state index contributed by atoms with van der Waals surface area (Å²) in [4.78, 5) is 17.2. The van der Waals surface area contributed by atoms with Gasteiger partial charge in [-0.15, -0.1) is 0 Å². The second-order valence-corrected chi connectivity index (χ2v) is 9.07. The molecule has 1 amide bonds. The summed E-state index contributed by atoms with van der Waals surface area (Å²) in [6.45, 7) is 15.9. The van der Waals surface area contributed by atoms with E-state index in [1.54, 1.807) is 0 Å². The van der Waals surface area contributed by atoms with Crippen LogP contribution in [0.5, 0.6) is 5.75 Å². The predicted octanol–water partition coefficient (Wildman–Crippen LogP) is 4.72. The van der Waals surface area contributed by atoms with E-state index in [2.05, 4.69) is 69.9 Å². The zero-order valence-corrected chi connectivity index (χ0v) is 18.7. The van der Waals surface area contributed by atoms with Crippen molar-refractivity contribution in [1.82, 2.24) is 4.90 Å². The number of anilines is 1. The van der Waals surface area contributed by atoms with E-state index < -0.39 is 6.10 Å². The Bertz CT molecular complexity index is 844. The van der Waals surface area contributed by atoms with Gasteiger partial charge in [-0.3, -0.25) is 4.79 Å². The number of nitrogens with zero attached hydrogens (tertiary/aromatic N) is 2. The molecule has 1 aliphatic rings. The fourth-order valence-corrected chi connectivity index (χ4v) is 3.79. The monoisotopic (exact) mass is 394 g/mol. The summed E-state index contributed by atoms with van der Waals surface area (Å²) in [6.07, 6.45) is -0.484. The third-order valence-electron chi connectivity index (χ3n) is 5.89. The SMILES string of the molecule is Cc1cccc(N2CCN(C(=O)[C@H](C)Oc3ccc(C(C)(C)C)cc3)CC2)c1C. The van der Waals surface area contributed by atoms with Crippen molar-refractivity contribution in [3.05, 3.63) is 59.2 Å². The Morgan fingerprint density at radius 1 is 0.966 bits per heavy atom. The fourth-order valence-electron chi connectivity index (χ4n) is 3.79. The van der Waals surface area contributed by atoms with Crippen molar-refractivity contribution in [2.24, 2.45) is 0 Å². The molecule has 0 unspecified atom stereocenters. The minimum atomic E-state index is -0.484. The van der Waals surface area contributed by atoms with Gasteiger partial charge in [0.05, 0.1) is 0 Å². The van der Waals surface area contributed by atoms with E-state index >= 15 is 0 Å². The van der Waals surface area contributed by atoms with Gasteiger partial charge in [0.15, 0.2) is 6.10 Å². The summed E-state index contributed by atoms with van der Waals surface area (Å²) in [6, 6.07) is 14.5. The molecule has 2 aromatic carbocycles. The summed E-state index contributed by atoms with van der Waals surface area (Å²) in [5, 5.41) is 0. The lowest BCUT2D eigenvalue weighted by molar-refractivity contribution is -0.138. The Labute approximate surface area is 175 Å². The van der Waals surface area contributed by atoms with Crippen LogP contribution in [0, 0.1) is 13.8 Å². The normalized spacial score (nSPS) is 15.9. The van der Waals surface area contributed by atoms with Crippen molar-refractivity contribution in [1.29, 1.82) is 0 Å². The largest absolute Gasteiger partial charge is 0.481 e. The van der Waals surface area contributed by atoms with Crippen LogP contribution in [0.1, 0.15) is 44.4 Å². The Balaban J connectivity index is 1.57. The molecule has 0 aromatic heterocycles. The van der Waals surface area contributed by atoms with Crippen molar-refractivity contribution in [3.63, 3.8) is 0 Å². The average molecular weight is 395 g/mol. The minimum Gasteiger partial charge on any atom is -0.481 e. The van der Waals surface area contributed by atoms with Crippen molar-refractivity contribution >= 4 is 11.6 Å². The number of rotatable bonds is 4. The first-order chi connectivity index (χ1) is 13.7. The third-order valence-corrected chi connectivity index (χ3v) is 5.89. The van der Waals surface area contributed by atoms with E-state index in [0.717, 1.165) is 31.9 Å². The van der Waals surface area contributed by atoms with E-state index in [1.165, 1.54) is 22.4 Å². The van der Waals surface area contributed by atoms with Gasteiger partial charge in [-0.05, 0) is 61.1 Å². The van der Waals surface area contributed by atoms with E-state index in [4.69, 9.17) is 4.74 Å². The van der Waals surface area contributed by atoms with Crippen molar-refractivity contribution in [3.8, 4) is 5.75 Å². The van der Waals surface area contributed by atoms with Gasteiger partial charge >= 0.3 is 0 Å². The number of carbonyl (C=O) groups excluding carboxylic acids is 1. The zero-order valence-electron chi connectivity index (χ0n) is 18.7. The van der Waals surface area contributed by atoms with Crippen LogP contribution in [-0.2, 0) is 10.2 Å². The van der Waals surface area contributed by atoms with Crippen LogP contribution >= 0.6 is 0 Å². The number of hydrogen-bond acceptors (Lipinski definition) is 3. The molecular weight excluding hydrogens is 360 g/mol. The molecule has 0 aliphatic carbocycles. The van der Waals surface area contributed by atoms with Gasteiger partial charge in [0.2, 0.25) is 0 Å². The highest BCUT2D eigenvalue weighted by Crippen LogP contribution is 2.26. The second kappa shape index (κ2) is 8.48. The second-order valence-electron chi connectivity index (χ2n) is 9.07. The molecule has 1 saturated heterocycles. The molecule has 0 spiro atoms. The Hall–Kier alpha value is -2.49. The molecule has 0 saturated carbocycles. The van der Waals surface area contributed by atoms with Gasteiger partial charge in [-0.25, -0.2) is 0 Å². The van der Waals surface area contributed by atoms with Gasteiger partial charge < -0.3 is 14.5 Å². The van der Waals surface area contributed by atoms with Gasteiger partial charge in [-0.2, -0.15) is 0 Å². The molecule has 2 aromatic rings. The highest BCUT2D eigenvalue weighted by atomic mass is 16.5. The molecule has 156 valence electrons. The molecule has 4 nitrogen and oxygen atoms in total. The lowest BCUT2D eigenvalue weighted by Gasteiger charge is -2.38. The number of aryl methyl sites for hydroxylation is 1. The van der Waals surface area contributed by atoms with Crippen LogP contribution in [0.15, 0.2) is 42.5 Å². The molecule has 29 heavy (non-hydrogen) atoms. The van der Waals surface area contributed by atoms with Crippen LogP contribution in [0.4, 0.5) is 5.69 Å². The van der Waals surface area contributed by atoms with E-state index in [1.807, 2.05) is 24.0 Å². The standard InChI is InChI=1S/C25H34N2O2/c1-18-8-7-9-23(19(18)2)26-14-16-27(17-15-26)24(28)20(3)29-22-12-10-21(11-13-22)25(4,5)6/h7-13,20H,14-17H2,1-6H3/t20-/m0/s1. The number of ether oxygens (including phenoxy) is 1. The van der Waals surface area contributed by atoms with Gasteiger partial charge in [-0.1, -0.05) is 45.0 Å². The van der Waals surface area contributed by atoms with Crippen LogP contribution in [0.2, 0.25) is 0 Å². The first-order valence-electron chi connectivity index (χ1n) is 10.5. The molecular formula is C25H34N2O2. The number of hydrogen-bond donors (Lipinski definition) is 0. The summed E-state index contributed by atoms with van der Waals surface area (Å²) < 4.78 is 5.94. The van der Waals surface area contributed by atoms with Crippen molar-refractivity contribution in [2.45, 2.75) is 53.1 Å². The van der Waals surface area contributed by atoms with Crippen molar-refractivity contribution < 1.29 is 9.53 Å². The maximum Gasteiger partial charge on any atom is 0.263 e. The molecule has 3 rings (SSSR count). The average Bonchev–Trinajstić information content (AvgIpc) is 2.69. The topological polar surface area (TPSA) is 32.8 Å². The number of benzene rings is 2. The number of amides is 1. The maximum atomic E-state index is 12.9. The van der Waals surface area contributed by atoms with Gasteiger partial charge in [0.25, 0.3) is 5.91 Å². The van der Waals surface area contributed by atoms with Crippen LogP contribution in [-0.4, -0.2) is 43.1 Å². The lowest BCUT2D eigenvalue weighted by Crippen LogP contribution is -2.52. The molecule has 1 aliphatic heterocycles. The molecule has 0 bridgehead atoms. The summed E-state index contributed by atoms with van der Waals surface area (Å²) in [5.41, 5.74) is 5.27. The highest BCUT2D eigenvalue weighted by Gasteiger charge is 2.27. The Morgan fingerprint density at radius 3 is 2.17 bits per heavy atom. The quantitative estimate of drug-likeness (QED) is 0.752. The number of piperazine rings is 1. The summed E-state index contributed by atoms with van der Waals surface area (Å²) in [7, 11) is 0.